The zero-order valence-electron chi connectivity index (χ0n) is 13.1. The summed E-state index contributed by atoms with van der Waals surface area (Å²) in [6.45, 7) is 0.470. The van der Waals surface area contributed by atoms with Crippen LogP contribution >= 0.6 is 24.4 Å². The number of hydrogen-bond acceptors (Lipinski definition) is 6. The normalized spacial score (nSPS) is 13.6. The first kappa shape index (κ1) is 18.8. The molecule has 0 saturated heterocycles. The maximum absolute atomic E-state index is 12.0. The number of aromatic nitrogens is 2. The fraction of sp³-hybridized carbons (Fsp3) is 0.400. The van der Waals surface area contributed by atoms with Gasteiger partial charge in [0.1, 0.15) is 6.04 Å². The first-order valence-electron chi connectivity index (χ1n) is 7.57. The smallest absolute Gasteiger partial charge is 0.237 e. The average Bonchev–Trinajstić information content (AvgIpc) is 2.98. The molecule has 7 nitrogen and oxygen atoms in total. The fourth-order valence-corrected chi connectivity index (χ4v) is 3.27. The van der Waals surface area contributed by atoms with Gasteiger partial charge in [-0.2, -0.15) is 0 Å². The second kappa shape index (κ2) is 9.07. The SMILES string of the molecule is NCCC[C@@H](N)C(=O)N[C@H](CSc1nc2ccccc2[nH]1)C(=O)S. The minimum Gasteiger partial charge on any atom is -0.343 e. The van der Waals surface area contributed by atoms with Crippen LogP contribution in [0.5, 0.6) is 0 Å². The quantitative estimate of drug-likeness (QED) is 0.327. The van der Waals surface area contributed by atoms with Gasteiger partial charge < -0.3 is 21.8 Å². The van der Waals surface area contributed by atoms with Crippen LogP contribution in [0.4, 0.5) is 0 Å². The van der Waals surface area contributed by atoms with Crippen LogP contribution < -0.4 is 16.8 Å². The van der Waals surface area contributed by atoms with Crippen molar-refractivity contribution in [2.24, 2.45) is 11.5 Å². The Hall–Kier alpha value is -1.55. The Labute approximate surface area is 149 Å². The molecule has 1 heterocycles. The highest BCUT2D eigenvalue weighted by Crippen LogP contribution is 2.20. The number of nitrogens with one attached hydrogen (secondary N) is 2. The van der Waals surface area contributed by atoms with E-state index >= 15 is 0 Å². The molecule has 2 rings (SSSR count). The largest absolute Gasteiger partial charge is 0.343 e. The summed E-state index contributed by atoms with van der Waals surface area (Å²) in [5.74, 6) is -0.0571. The van der Waals surface area contributed by atoms with Crippen LogP contribution in [-0.4, -0.2) is 45.4 Å². The third-order valence-electron chi connectivity index (χ3n) is 3.42. The maximum atomic E-state index is 12.0. The van der Waals surface area contributed by atoms with E-state index in [1.54, 1.807) is 0 Å². The topological polar surface area (TPSA) is 127 Å². The summed E-state index contributed by atoms with van der Waals surface area (Å²) < 4.78 is 0. The molecule has 130 valence electrons. The number of para-hydroxylation sites is 2. The van der Waals surface area contributed by atoms with Gasteiger partial charge in [-0.25, -0.2) is 4.98 Å². The van der Waals surface area contributed by atoms with Crippen molar-refractivity contribution in [2.75, 3.05) is 12.3 Å². The van der Waals surface area contributed by atoms with Crippen molar-refractivity contribution < 1.29 is 9.59 Å². The van der Waals surface area contributed by atoms with Crippen molar-refractivity contribution in [3.63, 3.8) is 0 Å². The number of thioether (sulfide) groups is 1. The van der Waals surface area contributed by atoms with E-state index in [-0.39, 0.29) is 5.91 Å². The summed E-state index contributed by atoms with van der Waals surface area (Å²) in [5, 5.41) is 2.90. The highest BCUT2D eigenvalue weighted by Gasteiger charge is 2.22. The number of amides is 1. The van der Waals surface area contributed by atoms with Gasteiger partial charge in [0, 0.05) is 5.75 Å². The molecule has 2 atom stereocenters. The third kappa shape index (κ3) is 5.23. The highest BCUT2D eigenvalue weighted by molar-refractivity contribution is 7.99. The summed E-state index contributed by atoms with van der Waals surface area (Å²) in [6.07, 6.45) is 1.13. The molecule has 0 saturated carbocycles. The Morgan fingerprint density at radius 3 is 2.79 bits per heavy atom. The molecule has 0 aliphatic rings. The Balaban J connectivity index is 1.93. The molecule has 9 heteroatoms. The molecular formula is C15H21N5O2S2. The van der Waals surface area contributed by atoms with Crippen molar-refractivity contribution >= 4 is 46.4 Å². The van der Waals surface area contributed by atoms with Gasteiger partial charge in [-0.3, -0.25) is 9.59 Å². The summed E-state index contributed by atoms with van der Waals surface area (Å²) in [7, 11) is 0. The Morgan fingerprint density at radius 2 is 2.12 bits per heavy atom. The van der Waals surface area contributed by atoms with Gasteiger partial charge in [-0.15, -0.1) is 12.6 Å². The molecule has 0 fully saturated rings. The van der Waals surface area contributed by atoms with E-state index in [1.165, 1.54) is 11.8 Å². The second-order valence-electron chi connectivity index (χ2n) is 5.31. The summed E-state index contributed by atoms with van der Waals surface area (Å²) >= 11 is 5.19. The second-order valence-corrected chi connectivity index (χ2v) is 6.76. The number of carbonyl (C=O) groups excluding carboxylic acids is 2. The van der Waals surface area contributed by atoms with Crippen LogP contribution in [0.15, 0.2) is 29.4 Å². The number of fused-ring (bicyclic) bond motifs is 1. The Bertz CT molecular complexity index is 673. The average molecular weight is 368 g/mol. The number of thiol groups is 1. The third-order valence-corrected chi connectivity index (χ3v) is 4.70. The number of aromatic amines is 1. The van der Waals surface area contributed by atoms with Crippen LogP contribution in [-0.2, 0) is 9.59 Å². The van der Waals surface area contributed by atoms with Gasteiger partial charge in [-0.05, 0) is 31.5 Å². The molecule has 0 aliphatic carbocycles. The zero-order valence-corrected chi connectivity index (χ0v) is 14.8. The van der Waals surface area contributed by atoms with Crippen LogP contribution in [0.2, 0.25) is 0 Å². The monoisotopic (exact) mass is 367 g/mol. The van der Waals surface area contributed by atoms with Gasteiger partial charge in [0.05, 0.1) is 17.1 Å². The lowest BCUT2D eigenvalue weighted by atomic mass is 10.1. The first-order chi connectivity index (χ1) is 11.5. The predicted molar refractivity (Wildman–Crippen MR) is 99.0 cm³/mol. The molecule has 0 radical (unpaired) electrons. The molecule has 6 N–H and O–H groups in total. The lowest BCUT2D eigenvalue weighted by Gasteiger charge is -2.17. The Morgan fingerprint density at radius 1 is 1.38 bits per heavy atom. The summed E-state index contributed by atoms with van der Waals surface area (Å²) in [5.41, 5.74) is 13.0. The zero-order chi connectivity index (χ0) is 17.5. The van der Waals surface area contributed by atoms with Crippen molar-refractivity contribution in [2.45, 2.75) is 30.1 Å². The van der Waals surface area contributed by atoms with Crippen LogP contribution in [0.3, 0.4) is 0 Å². The predicted octanol–water partition coefficient (Wildman–Crippen LogP) is 0.662. The van der Waals surface area contributed by atoms with Gasteiger partial charge in [0.25, 0.3) is 0 Å². The minimum atomic E-state index is -0.733. The molecule has 1 amide bonds. The molecule has 1 aromatic carbocycles. The van der Waals surface area contributed by atoms with Gasteiger partial charge in [0.2, 0.25) is 11.0 Å². The van der Waals surface area contributed by atoms with E-state index in [4.69, 9.17) is 11.5 Å². The van der Waals surface area contributed by atoms with Crippen molar-refractivity contribution in [3.8, 4) is 0 Å². The molecule has 0 bridgehead atoms. The van der Waals surface area contributed by atoms with Crippen molar-refractivity contribution in [3.05, 3.63) is 24.3 Å². The highest BCUT2D eigenvalue weighted by atomic mass is 32.2. The number of benzene rings is 1. The molecule has 1 aromatic heterocycles. The lowest BCUT2D eigenvalue weighted by Crippen LogP contribution is -2.48. The number of hydrogen-bond donors (Lipinski definition) is 5. The van der Waals surface area contributed by atoms with E-state index in [2.05, 4.69) is 27.9 Å². The number of rotatable bonds is 9. The van der Waals surface area contributed by atoms with Gasteiger partial charge in [-0.1, -0.05) is 23.9 Å². The van der Waals surface area contributed by atoms with Crippen LogP contribution in [0, 0.1) is 0 Å². The molecule has 0 spiro atoms. The maximum Gasteiger partial charge on any atom is 0.237 e. The molecule has 0 aliphatic heterocycles. The number of H-pyrrole nitrogens is 1. The fourth-order valence-electron chi connectivity index (χ4n) is 2.08. The van der Waals surface area contributed by atoms with Crippen molar-refractivity contribution in [1.82, 2.24) is 15.3 Å². The molecule has 24 heavy (non-hydrogen) atoms. The number of imidazole rings is 1. The molecule has 2 aromatic rings. The van der Waals surface area contributed by atoms with E-state index in [0.717, 1.165) is 11.0 Å². The van der Waals surface area contributed by atoms with E-state index in [0.29, 0.717) is 30.3 Å². The van der Waals surface area contributed by atoms with Gasteiger partial charge >= 0.3 is 0 Å². The summed E-state index contributed by atoms with van der Waals surface area (Å²) in [6, 6.07) is 6.22. The molecular weight excluding hydrogens is 346 g/mol. The lowest BCUT2D eigenvalue weighted by molar-refractivity contribution is -0.125. The standard InChI is InChI=1S/C15H21N5O2S2/c16-7-3-4-9(17)13(21)18-12(14(22)23)8-24-15-19-10-5-1-2-6-11(10)20-15/h1-2,5-6,9,12H,3-4,7-8,16-17H2,(H,18,21)(H,19,20)(H,22,23)/t9-,12-/m1/s1. The minimum absolute atomic E-state index is 0.317. The Kier molecular flexibility index (Phi) is 7.10. The van der Waals surface area contributed by atoms with E-state index < -0.39 is 17.2 Å². The van der Waals surface area contributed by atoms with Crippen molar-refractivity contribution in [1.29, 1.82) is 0 Å². The summed E-state index contributed by atoms with van der Waals surface area (Å²) in [4.78, 5) is 31.3. The number of nitrogens with two attached hydrogens (primary N) is 2. The first-order valence-corrected chi connectivity index (χ1v) is 9.01. The number of carbonyl (C=O) groups is 2. The van der Waals surface area contributed by atoms with Crippen LogP contribution in [0.1, 0.15) is 12.8 Å². The van der Waals surface area contributed by atoms with Crippen LogP contribution in [0.25, 0.3) is 11.0 Å². The number of nitrogens with zero attached hydrogens (tertiary/aromatic N) is 1. The van der Waals surface area contributed by atoms with Gasteiger partial charge in [0.15, 0.2) is 5.16 Å². The van der Waals surface area contributed by atoms with E-state index in [9.17, 15) is 9.59 Å². The molecule has 0 unspecified atom stereocenters. The van der Waals surface area contributed by atoms with E-state index in [1.807, 2.05) is 24.3 Å².